The van der Waals surface area contributed by atoms with Gasteiger partial charge in [0.2, 0.25) is 0 Å². The molecule has 2 aromatic carbocycles. The Kier molecular flexibility index (Phi) is 5.00. The van der Waals surface area contributed by atoms with Crippen molar-refractivity contribution in [3.63, 3.8) is 0 Å². The van der Waals surface area contributed by atoms with E-state index in [1.807, 2.05) is 25.1 Å². The van der Waals surface area contributed by atoms with Crippen LogP contribution in [0.2, 0.25) is 10.0 Å². The molecule has 0 saturated carbocycles. The number of rotatable bonds is 4. The molecule has 2 rings (SSSR count). The quantitative estimate of drug-likeness (QED) is 0.656. The van der Waals surface area contributed by atoms with Crippen LogP contribution in [0.25, 0.3) is 0 Å². The molecule has 0 saturated heterocycles. The molecule has 0 aliphatic rings. The summed E-state index contributed by atoms with van der Waals surface area (Å²) in [6.45, 7) is 1.97. The van der Waals surface area contributed by atoms with Gasteiger partial charge in [-0.1, -0.05) is 41.4 Å². The summed E-state index contributed by atoms with van der Waals surface area (Å²) in [5.41, 5.74) is 5.48. The van der Waals surface area contributed by atoms with E-state index in [2.05, 4.69) is 5.43 Å². The molecule has 0 amide bonds. The smallest absolute Gasteiger partial charge is 0.142 e. The standard InChI is InChI=1S/C15H15Cl2FN2/c1-9-2-4-11(13(17)6-9)15(20-19)8-10-3-5-12(16)14(18)7-10/h2-7,15,20H,8,19H2,1H3. The van der Waals surface area contributed by atoms with Crippen molar-refractivity contribution in [3.8, 4) is 0 Å². The van der Waals surface area contributed by atoms with E-state index in [0.717, 1.165) is 16.7 Å². The lowest BCUT2D eigenvalue weighted by Crippen LogP contribution is -2.29. The third kappa shape index (κ3) is 3.49. The van der Waals surface area contributed by atoms with E-state index in [-0.39, 0.29) is 11.1 Å². The van der Waals surface area contributed by atoms with E-state index in [1.165, 1.54) is 12.1 Å². The molecule has 5 heteroatoms. The zero-order chi connectivity index (χ0) is 14.7. The zero-order valence-corrected chi connectivity index (χ0v) is 12.5. The summed E-state index contributed by atoms with van der Waals surface area (Å²) in [5, 5.41) is 0.752. The summed E-state index contributed by atoms with van der Waals surface area (Å²) in [4.78, 5) is 0. The Balaban J connectivity index is 2.26. The molecule has 0 bridgehead atoms. The molecule has 1 atom stereocenters. The molecule has 3 N–H and O–H groups in total. The summed E-state index contributed by atoms with van der Waals surface area (Å²) in [5.74, 6) is 5.16. The Morgan fingerprint density at radius 3 is 2.50 bits per heavy atom. The van der Waals surface area contributed by atoms with Crippen LogP contribution in [0, 0.1) is 12.7 Å². The van der Waals surface area contributed by atoms with Crippen molar-refractivity contribution in [1.29, 1.82) is 0 Å². The van der Waals surface area contributed by atoms with Gasteiger partial charge in [-0.05, 0) is 48.2 Å². The maximum Gasteiger partial charge on any atom is 0.142 e. The third-order valence-corrected chi connectivity index (χ3v) is 3.79. The lowest BCUT2D eigenvalue weighted by Gasteiger charge is -2.18. The molecule has 0 aliphatic heterocycles. The largest absolute Gasteiger partial charge is 0.271 e. The van der Waals surface area contributed by atoms with Gasteiger partial charge >= 0.3 is 0 Å². The minimum atomic E-state index is -0.435. The average Bonchev–Trinajstić information content (AvgIpc) is 2.41. The molecule has 0 radical (unpaired) electrons. The van der Waals surface area contributed by atoms with Crippen molar-refractivity contribution in [1.82, 2.24) is 5.43 Å². The molecule has 1 unspecified atom stereocenters. The molecule has 2 nitrogen and oxygen atoms in total. The van der Waals surface area contributed by atoms with Crippen LogP contribution >= 0.6 is 23.2 Å². The van der Waals surface area contributed by atoms with Gasteiger partial charge in [-0.2, -0.15) is 0 Å². The maximum absolute atomic E-state index is 13.5. The highest BCUT2D eigenvalue weighted by Crippen LogP contribution is 2.27. The molecular weight excluding hydrogens is 298 g/mol. The molecule has 20 heavy (non-hydrogen) atoms. The molecule has 2 aromatic rings. The Bertz CT molecular complexity index is 617. The fourth-order valence-corrected chi connectivity index (χ4v) is 2.56. The first kappa shape index (κ1) is 15.3. The van der Waals surface area contributed by atoms with Crippen molar-refractivity contribution in [2.24, 2.45) is 5.84 Å². The second kappa shape index (κ2) is 6.55. The predicted molar refractivity (Wildman–Crippen MR) is 81.4 cm³/mol. The van der Waals surface area contributed by atoms with Gasteiger partial charge in [0.25, 0.3) is 0 Å². The van der Waals surface area contributed by atoms with Gasteiger partial charge in [0.1, 0.15) is 5.82 Å². The van der Waals surface area contributed by atoms with Crippen molar-refractivity contribution < 1.29 is 4.39 Å². The number of nitrogens with two attached hydrogens (primary N) is 1. The van der Waals surface area contributed by atoms with Gasteiger partial charge in [-0.3, -0.25) is 11.3 Å². The molecule has 0 fully saturated rings. The number of nitrogens with one attached hydrogen (secondary N) is 1. The van der Waals surface area contributed by atoms with E-state index < -0.39 is 5.82 Å². The van der Waals surface area contributed by atoms with Gasteiger partial charge in [-0.15, -0.1) is 0 Å². The minimum absolute atomic E-state index is 0.111. The lowest BCUT2D eigenvalue weighted by atomic mass is 9.98. The predicted octanol–water partition coefficient (Wildman–Crippen LogP) is 4.19. The van der Waals surface area contributed by atoms with Gasteiger partial charge < -0.3 is 0 Å². The van der Waals surface area contributed by atoms with Crippen LogP contribution in [0.5, 0.6) is 0 Å². The molecule has 106 valence electrons. The van der Waals surface area contributed by atoms with Crippen LogP contribution in [0.3, 0.4) is 0 Å². The highest BCUT2D eigenvalue weighted by molar-refractivity contribution is 6.31. The molecule has 0 aliphatic carbocycles. The summed E-state index contributed by atoms with van der Waals surface area (Å²) in [6.07, 6.45) is 0.521. The first-order valence-electron chi connectivity index (χ1n) is 6.17. The van der Waals surface area contributed by atoms with Crippen LogP contribution in [0.1, 0.15) is 22.7 Å². The lowest BCUT2D eigenvalue weighted by molar-refractivity contribution is 0.548. The van der Waals surface area contributed by atoms with Crippen LogP contribution in [-0.2, 0) is 6.42 Å². The Morgan fingerprint density at radius 2 is 1.90 bits per heavy atom. The molecule has 0 heterocycles. The number of hydrazine groups is 1. The van der Waals surface area contributed by atoms with E-state index in [9.17, 15) is 4.39 Å². The third-order valence-electron chi connectivity index (χ3n) is 3.16. The number of aryl methyl sites for hydroxylation is 1. The number of hydrogen-bond acceptors (Lipinski definition) is 2. The highest BCUT2D eigenvalue weighted by Gasteiger charge is 2.15. The summed E-state index contributed by atoms with van der Waals surface area (Å²) in [7, 11) is 0. The topological polar surface area (TPSA) is 38.0 Å². The second-order valence-electron chi connectivity index (χ2n) is 4.70. The van der Waals surface area contributed by atoms with E-state index in [0.29, 0.717) is 11.4 Å². The Morgan fingerprint density at radius 1 is 1.15 bits per heavy atom. The zero-order valence-electron chi connectivity index (χ0n) is 11.0. The van der Waals surface area contributed by atoms with Crippen LogP contribution in [0.4, 0.5) is 4.39 Å². The number of hydrogen-bond donors (Lipinski definition) is 2. The SMILES string of the molecule is Cc1ccc(C(Cc2ccc(Cl)c(F)c2)NN)c(Cl)c1. The van der Waals surface area contributed by atoms with Crippen molar-refractivity contribution >= 4 is 23.2 Å². The summed E-state index contributed by atoms with van der Waals surface area (Å²) in [6, 6.07) is 10.3. The monoisotopic (exact) mass is 312 g/mol. The normalized spacial score (nSPS) is 12.4. The first-order valence-corrected chi connectivity index (χ1v) is 6.93. The summed E-state index contributed by atoms with van der Waals surface area (Å²) >= 11 is 11.9. The average molecular weight is 313 g/mol. The van der Waals surface area contributed by atoms with Crippen LogP contribution in [0.15, 0.2) is 36.4 Å². The number of benzene rings is 2. The molecular formula is C15H15Cl2FN2. The fraction of sp³-hybridized carbons (Fsp3) is 0.200. The Hall–Kier alpha value is -1.13. The van der Waals surface area contributed by atoms with Gasteiger partial charge in [0, 0.05) is 5.02 Å². The highest BCUT2D eigenvalue weighted by atomic mass is 35.5. The van der Waals surface area contributed by atoms with Crippen LogP contribution in [-0.4, -0.2) is 0 Å². The van der Waals surface area contributed by atoms with Crippen molar-refractivity contribution in [2.45, 2.75) is 19.4 Å². The first-order chi connectivity index (χ1) is 9.51. The summed E-state index contributed by atoms with van der Waals surface area (Å²) < 4.78 is 13.5. The van der Waals surface area contributed by atoms with Gasteiger partial charge in [0.05, 0.1) is 11.1 Å². The maximum atomic E-state index is 13.5. The van der Waals surface area contributed by atoms with Gasteiger partial charge in [0.15, 0.2) is 0 Å². The molecule has 0 spiro atoms. The Labute approximate surface area is 127 Å². The fourth-order valence-electron chi connectivity index (χ4n) is 2.08. The van der Waals surface area contributed by atoms with Crippen molar-refractivity contribution in [3.05, 3.63) is 69.0 Å². The minimum Gasteiger partial charge on any atom is -0.271 e. The van der Waals surface area contributed by atoms with Crippen molar-refractivity contribution in [2.75, 3.05) is 0 Å². The molecule has 0 aromatic heterocycles. The van der Waals surface area contributed by atoms with E-state index in [1.54, 1.807) is 6.07 Å². The van der Waals surface area contributed by atoms with Crippen LogP contribution < -0.4 is 11.3 Å². The van der Waals surface area contributed by atoms with E-state index in [4.69, 9.17) is 29.0 Å². The van der Waals surface area contributed by atoms with Gasteiger partial charge in [-0.25, -0.2) is 4.39 Å². The second-order valence-corrected chi connectivity index (χ2v) is 5.51. The number of halogens is 3. The van der Waals surface area contributed by atoms with E-state index >= 15 is 0 Å².